The van der Waals surface area contributed by atoms with Gasteiger partial charge in [0.05, 0.1) is 5.75 Å². The fourth-order valence-corrected chi connectivity index (χ4v) is 5.28. The zero-order valence-corrected chi connectivity index (χ0v) is 21.5. The predicted octanol–water partition coefficient (Wildman–Crippen LogP) is 5.66. The molecule has 0 spiro atoms. The number of sulfonamides is 1. The molecule has 0 bridgehead atoms. The van der Waals surface area contributed by atoms with Gasteiger partial charge in [-0.3, -0.25) is 0 Å². The van der Waals surface area contributed by atoms with Crippen LogP contribution in [0.15, 0.2) is 54.6 Å². The van der Waals surface area contributed by atoms with Crippen molar-refractivity contribution in [3.8, 4) is 5.75 Å². The highest BCUT2D eigenvalue weighted by molar-refractivity contribution is 7.88. The summed E-state index contributed by atoms with van der Waals surface area (Å²) < 4.78 is 33.9. The van der Waals surface area contributed by atoms with Gasteiger partial charge in [-0.25, -0.2) is 17.5 Å². The molecule has 7 heteroatoms. The maximum Gasteiger partial charge on any atom is 0.347 e. The van der Waals surface area contributed by atoms with E-state index in [1.807, 2.05) is 42.5 Å². The topological polar surface area (TPSA) is 83.9 Å². The summed E-state index contributed by atoms with van der Waals surface area (Å²) in [6.07, 6.45) is 6.13. The first-order valence-corrected chi connectivity index (χ1v) is 13.8. The summed E-state index contributed by atoms with van der Waals surface area (Å²) in [7, 11) is -3.47. The second-order valence-corrected chi connectivity index (χ2v) is 10.9. The standard InChI is InChI=1S/C27H39NO5S/c1-4-6-7-8-12-19-28(34(31,32)22-24-14-10-9-11-15-24)20-18-23-16-13-17-25(21-23)33-27(3,5-2)26(29)30/h9-11,13-17,21H,4-8,12,18-20,22H2,1-3H3,(H,29,30). The zero-order chi connectivity index (χ0) is 25.0. The summed E-state index contributed by atoms with van der Waals surface area (Å²) in [5, 5.41) is 9.49. The van der Waals surface area contributed by atoms with E-state index in [1.54, 1.807) is 30.3 Å². The maximum absolute atomic E-state index is 13.2. The lowest BCUT2D eigenvalue weighted by Gasteiger charge is -2.25. The number of ether oxygens (including phenoxy) is 1. The van der Waals surface area contributed by atoms with Gasteiger partial charge in [0, 0.05) is 13.1 Å². The Labute approximate surface area is 205 Å². The molecule has 1 N–H and O–H groups in total. The molecule has 1 atom stereocenters. The summed E-state index contributed by atoms with van der Waals surface area (Å²) in [5.41, 5.74) is 0.385. The highest BCUT2D eigenvalue weighted by Crippen LogP contribution is 2.23. The van der Waals surface area contributed by atoms with Gasteiger partial charge in [-0.1, -0.05) is 82.0 Å². The first-order chi connectivity index (χ1) is 16.2. The van der Waals surface area contributed by atoms with E-state index in [2.05, 4.69) is 6.92 Å². The van der Waals surface area contributed by atoms with Crippen molar-refractivity contribution in [1.82, 2.24) is 4.31 Å². The maximum atomic E-state index is 13.2. The summed E-state index contributed by atoms with van der Waals surface area (Å²) in [4.78, 5) is 11.6. The third-order valence-corrected chi connectivity index (χ3v) is 7.96. The number of hydrogen-bond acceptors (Lipinski definition) is 4. The van der Waals surface area contributed by atoms with Crippen LogP contribution < -0.4 is 4.74 Å². The van der Waals surface area contributed by atoms with Crippen LogP contribution >= 0.6 is 0 Å². The Morgan fingerprint density at radius 2 is 1.62 bits per heavy atom. The van der Waals surface area contributed by atoms with E-state index < -0.39 is 21.6 Å². The second kappa shape index (κ2) is 13.5. The number of carboxylic acids is 1. The van der Waals surface area contributed by atoms with Crippen LogP contribution in [0.3, 0.4) is 0 Å². The zero-order valence-electron chi connectivity index (χ0n) is 20.7. The van der Waals surface area contributed by atoms with Crippen LogP contribution in [0.25, 0.3) is 0 Å². The molecular weight excluding hydrogens is 450 g/mol. The molecule has 34 heavy (non-hydrogen) atoms. The van der Waals surface area contributed by atoms with Crippen molar-refractivity contribution in [3.05, 3.63) is 65.7 Å². The van der Waals surface area contributed by atoms with Crippen molar-refractivity contribution in [3.63, 3.8) is 0 Å². The quantitative estimate of drug-likeness (QED) is 0.307. The Kier molecular flexibility index (Phi) is 11.1. The van der Waals surface area contributed by atoms with Crippen molar-refractivity contribution in [2.24, 2.45) is 0 Å². The van der Waals surface area contributed by atoms with Crippen LogP contribution in [0.4, 0.5) is 0 Å². The number of carbonyl (C=O) groups is 1. The van der Waals surface area contributed by atoms with E-state index in [9.17, 15) is 18.3 Å². The molecule has 0 aliphatic heterocycles. The van der Waals surface area contributed by atoms with Crippen LogP contribution in [0, 0.1) is 0 Å². The SMILES string of the molecule is CCCCCCCN(CCc1cccc(OC(C)(CC)C(=O)O)c1)S(=O)(=O)Cc1ccccc1. The molecule has 0 amide bonds. The van der Waals surface area contributed by atoms with E-state index >= 15 is 0 Å². The molecule has 0 saturated heterocycles. The molecule has 2 aromatic carbocycles. The Balaban J connectivity index is 2.11. The van der Waals surface area contributed by atoms with Crippen LogP contribution in [-0.2, 0) is 27.0 Å². The van der Waals surface area contributed by atoms with Gasteiger partial charge in [-0.15, -0.1) is 0 Å². The molecule has 0 radical (unpaired) electrons. The molecular formula is C27H39NO5S. The minimum Gasteiger partial charge on any atom is -0.478 e. The van der Waals surface area contributed by atoms with Gasteiger partial charge >= 0.3 is 5.97 Å². The Morgan fingerprint density at radius 3 is 2.26 bits per heavy atom. The highest BCUT2D eigenvalue weighted by Gasteiger charge is 2.33. The van der Waals surface area contributed by atoms with Gasteiger partial charge in [0.1, 0.15) is 5.75 Å². The van der Waals surface area contributed by atoms with Gasteiger partial charge in [-0.05, 0) is 49.4 Å². The molecule has 0 aromatic heterocycles. The van der Waals surface area contributed by atoms with E-state index in [0.29, 0.717) is 31.7 Å². The summed E-state index contributed by atoms with van der Waals surface area (Å²) in [5.74, 6) is -0.552. The van der Waals surface area contributed by atoms with Crippen LogP contribution in [0.2, 0.25) is 0 Å². The van der Waals surface area contributed by atoms with Gasteiger partial charge in [0.15, 0.2) is 0 Å². The van der Waals surface area contributed by atoms with Crippen molar-refractivity contribution in [2.75, 3.05) is 13.1 Å². The second-order valence-electron chi connectivity index (χ2n) is 8.94. The Bertz CT molecular complexity index is 993. The monoisotopic (exact) mass is 489 g/mol. The van der Waals surface area contributed by atoms with Gasteiger partial charge in [0.25, 0.3) is 0 Å². The number of carboxylic acid groups (broad SMARTS) is 1. The number of aliphatic carboxylic acids is 1. The average molecular weight is 490 g/mol. The number of benzene rings is 2. The van der Waals surface area contributed by atoms with Gasteiger partial charge < -0.3 is 9.84 Å². The lowest BCUT2D eigenvalue weighted by Crippen LogP contribution is -2.40. The normalized spacial score (nSPS) is 13.5. The summed E-state index contributed by atoms with van der Waals surface area (Å²) >= 11 is 0. The lowest BCUT2D eigenvalue weighted by atomic mass is 10.0. The number of hydrogen-bond donors (Lipinski definition) is 1. The van der Waals surface area contributed by atoms with E-state index in [1.165, 1.54) is 0 Å². The summed E-state index contributed by atoms with van der Waals surface area (Å²) in [6, 6.07) is 16.5. The molecule has 0 fully saturated rings. The third kappa shape index (κ3) is 8.76. The van der Waals surface area contributed by atoms with Gasteiger partial charge in [0.2, 0.25) is 15.6 Å². The fraction of sp³-hybridized carbons (Fsp3) is 0.519. The Hall–Kier alpha value is -2.38. The smallest absolute Gasteiger partial charge is 0.347 e. The third-order valence-electron chi connectivity index (χ3n) is 6.11. The van der Waals surface area contributed by atoms with E-state index in [4.69, 9.17) is 4.74 Å². The number of unbranched alkanes of at least 4 members (excludes halogenated alkanes) is 4. The molecule has 2 rings (SSSR count). The predicted molar refractivity (Wildman–Crippen MR) is 137 cm³/mol. The number of rotatable bonds is 16. The fourth-order valence-electron chi connectivity index (χ4n) is 3.70. The Morgan fingerprint density at radius 1 is 0.941 bits per heavy atom. The van der Waals surface area contributed by atoms with Crippen LogP contribution in [-0.4, -0.2) is 42.5 Å². The first kappa shape index (κ1) is 27.9. The minimum atomic E-state index is -3.47. The van der Waals surface area contributed by atoms with E-state index in [0.717, 1.165) is 43.2 Å². The molecule has 6 nitrogen and oxygen atoms in total. The average Bonchev–Trinajstić information content (AvgIpc) is 2.81. The van der Waals surface area contributed by atoms with Crippen molar-refractivity contribution < 1.29 is 23.1 Å². The van der Waals surface area contributed by atoms with Crippen molar-refractivity contribution in [1.29, 1.82) is 0 Å². The molecule has 0 saturated carbocycles. The van der Waals surface area contributed by atoms with Gasteiger partial charge in [-0.2, -0.15) is 0 Å². The van der Waals surface area contributed by atoms with E-state index in [-0.39, 0.29) is 5.75 Å². The number of nitrogens with zero attached hydrogens (tertiary/aromatic N) is 1. The molecule has 0 aliphatic rings. The molecule has 0 heterocycles. The molecule has 2 aromatic rings. The van der Waals surface area contributed by atoms with Crippen molar-refractivity contribution >= 4 is 16.0 Å². The lowest BCUT2D eigenvalue weighted by molar-refractivity contribution is -0.154. The van der Waals surface area contributed by atoms with Crippen LogP contribution in [0.5, 0.6) is 5.75 Å². The highest BCUT2D eigenvalue weighted by atomic mass is 32.2. The first-order valence-electron chi connectivity index (χ1n) is 12.2. The molecule has 188 valence electrons. The van der Waals surface area contributed by atoms with Crippen LogP contribution in [0.1, 0.15) is 70.4 Å². The molecule has 1 unspecified atom stereocenters. The largest absolute Gasteiger partial charge is 0.478 e. The minimum absolute atomic E-state index is 0.0145. The summed E-state index contributed by atoms with van der Waals surface area (Å²) in [6.45, 7) is 6.36. The van der Waals surface area contributed by atoms with Crippen molar-refractivity contribution in [2.45, 2.75) is 77.1 Å². The molecule has 0 aliphatic carbocycles.